The van der Waals surface area contributed by atoms with Crippen molar-refractivity contribution in [2.45, 2.75) is 50.7 Å². The molecule has 0 bridgehead atoms. The highest BCUT2D eigenvalue weighted by Crippen LogP contribution is 2.38. The second-order valence-corrected chi connectivity index (χ2v) is 7.30. The van der Waals surface area contributed by atoms with Crippen LogP contribution < -0.4 is 5.32 Å². The molecule has 9 heteroatoms. The average Bonchev–Trinajstić information content (AvgIpc) is 2.85. The van der Waals surface area contributed by atoms with Gasteiger partial charge in [0.2, 0.25) is 0 Å². The molecule has 0 radical (unpaired) electrons. The number of hydrogen-bond donors (Lipinski definition) is 4. The number of amides is 2. The van der Waals surface area contributed by atoms with Gasteiger partial charge in [-0.15, -0.1) is 0 Å². The molecule has 4 atom stereocenters. The van der Waals surface area contributed by atoms with Crippen LogP contribution in [-0.2, 0) is 9.47 Å². The first-order valence-electron chi connectivity index (χ1n) is 8.52. The third-order valence-electron chi connectivity index (χ3n) is 4.20. The predicted octanol–water partition coefficient (Wildman–Crippen LogP) is 1.24. The van der Waals surface area contributed by atoms with Gasteiger partial charge in [-0.25, -0.2) is 9.59 Å². The molecule has 1 fully saturated rings. The minimum atomic E-state index is -1.33. The molecular weight excluding hydrogens is 356 g/mol. The molecule has 1 heterocycles. The monoisotopic (exact) mass is 382 g/mol. The van der Waals surface area contributed by atoms with E-state index in [2.05, 4.69) is 10.1 Å². The zero-order valence-corrected chi connectivity index (χ0v) is 15.7. The van der Waals surface area contributed by atoms with Crippen LogP contribution in [0.15, 0.2) is 24.3 Å². The van der Waals surface area contributed by atoms with E-state index in [0.29, 0.717) is 11.3 Å². The summed E-state index contributed by atoms with van der Waals surface area (Å²) in [5.74, 6) is 0. The summed E-state index contributed by atoms with van der Waals surface area (Å²) in [5.41, 5.74) is 0.189. The van der Waals surface area contributed by atoms with Crippen LogP contribution in [0.2, 0.25) is 0 Å². The number of aliphatic hydroxyl groups is 3. The highest BCUT2D eigenvalue weighted by atomic mass is 16.6. The van der Waals surface area contributed by atoms with E-state index in [0.717, 1.165) is 4.90 Å². The van der Waals surface area contributed by atoms with Crippen LogP contribution >= 0.6 is 0 Å². The Morgan fingerprint density at radius 1 is 1.15 bits per heavy atom. The van der Waals surface area contributed by atoms with E-state index in [1.807, 2.05) is 0 Å². The molecule has 0 saturated carbocycles. The van der Waals surface area contributed by atoms with E-state index in [9.17, 15) is 24.9 Å². The first-order valence-corrected chi connectivity index (χ1v) is 8.52. The third kappa shape index (κ3) is 4.68. The lowest BCUT2D eigenvalue weighted by Gasteiger charge is -2.32. The lowest BCUT2D eigenvalue weighted by atomic mass is 10.0. The highest BCUT2D eigenvalue weighted by molar-refractivity contribution is 5.84. The summed E-state index contributed by atoms with van der Waals surface area (Å²) in [6.07, 6.45) is -4.02. The number of carbonyl (C=O) groups excluding carboxylic acids is 2. The van der Waals surface area contributed by atoms with Crippen LogP contribution in [0.25, 0.3) is 0 Å². The molecule has 4 N–H and O–H groups in total. The van der Waals surface area contributed by atoms with Gasteiger partial charge in [-0.05, 0) is 38.5 Å². The van der Waals surface area contributed by atoms with Crippen LogP contribution in [-0.4, -0.2) is 70.0 Å². The van der Waals surface area contributed by atoms with Crippen LogP contribution in [0, 0.1) is 0 Å². The van der Waals surface area contributed by atoms with Crippen molar-refractivity contribution in [3.63, 3.8) is 0 Å². The molecule has 1 aliphatic heterocycles. The van der Waals surface area contributed by atoms with E-state index in [-0.39, 0.29) is 0 Å². The van der Waals surface area contributed by atoms with Gasteiger partial charge in [0, 0.05) is 5.69 Å². The van der Waals surface area contributed by atoms with Crippen molar-refractivity contribution in [3.8, 4) is 0 Å². The maximum atomic E-state index is 12.7. The zero-order chi connectivity index (χ0) is 20.4. The normalized spacial score (nSPS) is 25.2. The molecule has 27 heavy (non-hydrogen) atoms. The van der Waals surface area contributed by atoms with Gasteiger partial charge in [0.25, 0.3) is 0 Å². The molecule has 150 valence electrons. The van der Waals surface area contributed by atoms with Gasteiger partial charge in [-0.2, -0.15) is 0 Å². The van der Waals surface area contributed by atoms with Gasteiger partial charge in [0.05, 0.1) is 25.8 Å². The number of rotatable bonds is 3. The van der Waals surface area contributed by atoms with Crippen LogP contribution in [0.1, 0.15) is 32.4 Å². The second kappa shape index (κ2) is 8.12. The first-order chi connectivity index (χ1) is 12.6. The Morgan fingerprint density at radius 3 is 2.22 bits per heavy atom. The summed E-state index contributed by atoms with van der Waals surface area (Å²) < 4.78 is 9.89. The summed E-state index contributed by atoms with van der Waals surface area (Å²) in [6.45, 7) is 4.56. The lowest BCUT2D eigenvalue weighted by Crippen LogP contribution is -2.45. The summed E-state index contributed by atoms with van der Waals surface area (Å²) in [6, 6.07) is 4.42. The largest absolute Gasteiger partial charge is 0.453 e. The number of nitrogens with one attached hydrogen (secondary N) is 1. The predicted molar refractivity (Wildman–Crippen MR) is 96.2 cm³/mol. The Kier molecular flexibility index (Phi) is 6.30. The Bertz CT molecular complexity index is 671. The van der Waals surface area contributed by atoms with E-state index >= 15 is 0 Å². The molecule has 1 aromatic rings. The number of aliphatic hydroxyl groups excluding tert-OH is 3. The highest BCUT2D eigenvalue weighted by Gasteiger charge is 2.51. The molecule has 0 spiro atoms. The fraction of sp³-hybridized carbons (Fsp3) is 0.556. The molecule has 1 aliphatic rings. The number of methoxy groups -OCH3 is 1. The van der Waals surface area contributed by atoms with Crippen LogP contribution in [0.3, 0.4) is 0 Å². The standard InChI is InChI=1S/C18H26N2O7/c1-18(2,3)27-17(25)20-12(9-21)14(22)15(23)13(20)10-5-7-11(8-6-10)19-16(24)26-4/h5-8,12-15,21-23H,9H2,1-4H3,(H,19,24)/t12-,13+,14-,15+/m1/s1. The Labute approximate surface area is 157 Å². The SMILES string of the molecule is COC(=O)Nc1ccc([C@H]2[C@H](O)[C@H](O)[C@@H](CO)N2C(=O)OC(C)(C)C)cc1. The van der Waals surface area contributed by atoms with Crippen molar-refractivity contribution in [2.75, 3.05) is 19.0 Å². The van der Waals surface area contributed by atoms with E-state index in [1.54, 1.807) is 45.0 Å². The van der Waals surface area contributed by atoms with Gasteiger partial charge in [-0.1, -0.05) is 12.1 Å². The fourth-order valence-electron chi connectivity index (χ4n) is 3.00. The number of nitrogens with zero attached hydrogens (tertiary/aromatic N) is 1. The fourth-order valence-corrected chi connectivity index (χ4v) is 3.00. The van der Waals surface area contributed by atoms with Gasteiger partial charge >= 0.3 is 12.2 Å². The van der Waals surface area contributed by atoms with Gasteiger partial charge in [0.15, 0.2) is 0 Å². The molecule has 1 aromatic carbocycles. The summed E-state index contributed by atoms with van der Waals surface area (Å²) in [7, 11) is 1.24. The van der Waals surface area contributed by atoms with E-state index in [1.165, 1.54) is 7.11 Å². The summed E-state index contributed by atoms with van der Waals surface area (Å²) in [4.78, 5) is 25.1. The molecule has 2 amide bonds. The van der Waals surface area contributed by atoms with E-state index in [4.69, 9.17) is 4.74 Å². The molecule has 0 unspecified atom stereocenters. The zero-order valence-electron chi connectivity index (χ0n) is 15.7. The van der Waals surface area contributed by atoms with Gasteiger partial charge < -0.3 is 24.8 Å². The molecule has 0 aliphatic carbocycles. The number of likely N-dealkylation sites (tertiary alicyclic amines) is 1. The van der Waals surface area contributed by atoms with Gasteiger partial charge in [0.1, 0.15) is 17.8 Å². The maximum absolute atomic E-state index is 12.7. The van der Waals surface area contributed by atoms with Crippen LogP contribution in [0.4, 0.5) is 15.3 Å². The van der Waals surface area contributed by atoms with Crippen molar-refractivity contribution in [3.05, 3.63) is 29.8 Å². The maximum Gasteiger partial charge on any atom is 0.411 e. The van der Waals surface area contributed by atoms with E-state index < -0.39 is 48.7 Å². The Balaban J connectivity index is 2.33. The Morgan fingerprint density at radius 2 is 1.74 bits per heavy atom. The molecular formula is C18H26N2O7. The minimum Gasteiger partial charge on any atom is -0.453 e. The van der Waals surface area contributed by atoms with Crippen molar-refractivity contribution in [1.29, 1.82) is 0 Å². The topological polar surface area (TPSA) is 129 Å². The van der Waals surface area contributed by atoms with Crippen molar-refractivity contribution in [2.24, 2.45) is 0 Å². The number of carbonyl (C=O) groups is 2. The summed E-state index contributed by atoms with van der Waals surface area (Å²) >= 11 is 0. The minimum absolute atomic E-state index is 0.459. The number of benzene rings is 1. The second-order valence-electron chi connectivity index (χ2n) is 7.30. The molecule has 1 saturated heterocycles. The number of anilines is 1. The molecule has 2 rings (SSSR count). The molecule has 9 nitrogen and oxygen atoms in total. The number of hydrogen-bond acceptors (Lipinski definition) is 7. The van der Waals surface area contributed by atoms with Crippen molar-refractivity contribution in [1.82, 2.24) is 4.90 Å². The Hall–Kier alpha value is -2.36. The first kappa shape index (κ1) is 20.9. The van der Waals surface area contributed by atoms with Crippen molar-refractivity contribution >= 4 is 17.9 Å². The quantitative estimate of drug-likeness (QED) is 0.619. The van der Waals surface area contributed by atoms with Crippen molar-refractivity contribution < 1.29 is 34.4 Å². The lowest BCUT2D eigenvalue weighted by molar-refractivity contribution is -0.000870. The smallest absolute Gasteiger partial charge is 0.411 e. The average molecular weight is 382 g/mol. The molecule has 0 aromatic heterocycles. The van der Waals surface area contributed by atoms with Crippen LogP contribution in [0.5, 0.6) is 0 Å². The third-order valence-corrected chi connectivity index (χ3v) is 4.20. The van der Waals surface area contributed by atoms with Gasteiger partial charge in [-0.3, -0.25) is 10.2 Å². The summed E-state index contributed by atoms with van der Waals surface area (Å²) in [5, 5.41) is 32.9. The number of ether oxygens (including phenoxy) is 2.